The third-order valence-corrected chi connectivity index (χ3v) is 1.87. The van der Waals surface area contributed by atoms with E-state index in [1.807, 2.05) is 0 Å². The summed E-state index contributed by atoms with van der Waals surface area (Å²) in [6.07, 6.45) is -3.69. The Morgan fingerprint density at radius 3 is 2.47 bits per heavy atom. The fourth-order valence-electron chi connectivity index (χ4n) is 1.03. The van der Waals surface area contributed by atoms with Crippen LogP contribution in [0.15, 0.2) is 0 Å². The molecule has 1 unspecified atom stereocenters. The first-order chi connectivity index (χ1) is 6.88. The molecule has 0 amide bonds. The monoisotopic (exact) mass is 227 g/mol. The van der Waals surface area contributed by atoms with E-state index < -0.39 is 12.2 Å². The number of carbonyl (C=O) groups excluding carboxylic acids is 1. The highest BCUT2D eigenvalue weighted by atomic mass is 19.4. The number of ether oxygens (including phenoxy) is 1. The number of unbranched alkanes of at least 4 members (excludes halogenated alkanes) is 1. The first kappa shape index (κ1) is 14.2. The van der Waals surface area contributed by atoms with Gasteiger partial charge in [0.05, 0.1) is 6.61 Å². The van der Waals surface area contributed by atoms with E-state index in [-0.39, 0.29) is 25.2 Å². The topological polar surface area (TPSA) is 52.3 Å². The molecule has 0 fully saturated rings. The standard InChI is InChI=1S/C9H16F3NO2/c1-2-15-8(14)6-4-3-5-7(13)9(10,11)12/h7H,2-6,13H2,1H3. The van der Waals surface area contributed by atoms with Gasteiger partial charge in [0.25, 0.3) is 0 Å². The Morgan fingerprint density at radius 1 is 1.40 bits per heavy atom. The van der Waals surface area contributed by atoms with Gasteiger partial charge < -0.3 is 10.5 Å². The number of halogens is 3. The average Bonchev–Trinajstić information content (AvgIpc) is 2.11. The van der Waals surface area contributed by atoms with Crippen LogP contribution in [0.1, 0.15) is 32.6 Å². The minimum Gasteiger partial charge on any atom is -0.466 e. The SMILES string of the molecule is CCOC(=O)CCCCC(N)C(F)(F)F. The third kappa shape index (κ3) is 7.18. The van der Waals surface area contributed by atoms with Crippen molar-refractivity contribution in [2.24, 2.45) is 5.73 Å². The molecule has 0 aliphatic heterocycles. The van der Waals surface area contributed by atoms with Crippen LogP contribution in [0.4, 0.5) is 13.2 Å². The van der Waals surface area contributed by atoms with Crippen LogP contribution < -0.4 is 5.73 Å². The van der Waals surface area contributed by atoms with Crippen molar-refractivity contribution in [2.75, 3.05) is 6.61 Å². The van der Waals surface area contributed by atoms with Gasteiger partial charge in [-0.15, -0.1) is 0 Å². The number of hydrogen-bond acceptors (Lipinski definition) is 3. The summed E-state index contributed by atoms with van der Waals surface area (Å²) >= 11 is 0. The van der Waals surface area contributed by atoms with Crippen LogP contribution in [-0.4, -0.2) is 24.8 Å². The Bertz CT molecular complexity index is 194. The second kappa shape index (κ2) is 6.66. The smallest absolute Gasteiger partial charge is 0.403 e. The average molecular weight is 227 g/mol. The van der Waals surface area contributed by atoms with Crippen LogP contribution in [-0.2, 0) is 9.53 Å². The van der Waals surface area contributed by atoms with E-state index in [0.29, 0.717) is 13.0 Å². The molecular formula is C9H16F3NO2. The molecule has 15 heavy (non-hydrogen) atoms. The molecule has 1 atom stereocenters. The van der Waals surface area contributed by atoms with Crippen molar-refractivity contribution in [3.63, 3.8) is 0 Å². The normalized spacial score (nSPS) is 13.7. The van der Waals surface area contributed by atoms with Crippen molar-refractivity contribution in [2.45, 2.75) is 44.8 Å². The summed E-state index contributed by atoms with van der Waals surface area (Å²) in [4.78, 5) is 10.8. The molecule has 0 rings (SSSR count). The van der Waals surface area contributed by atoms with Crippen molar-refractivity contribution in [1.82, 2.24) is 0 Å². The molecule has 0 heterocycles. The number of carbonyl (C=O) groups is 1. The molecule has 2 N–H and O–H groups in total. The molecule has 90 valence electrons. The van der Waals surface area contributed by atoms with Gasteiger partial charge in [0, 0.05) is 6.42 Å². The number of rotatable bonds is 6. The predicted molar refractivity (Wildman–Crippen MR) is 49.1 cm³/mol. The van der Waals surface area contributed by atoms with Crippen LogP contribution in [0.5, 0.6) is 0 Å². The number of hydrogen-bond donors (Lipinski definition) is 1. The fourth-order valence-corrected chi connectivity index (χ4v) is 1.03. The highest BCUT2D eigenvalue weighted by Crippen LogP contribution is 2.22. The van der Waals surface area contributed by atoms with Crippen LogP contribution in [0, 0.1) is 0 Å². The number of nitrogens with two attached hydrogens (primary N) is 1. The zero-order valence-electron chi connectivity index (χ0n) is 8.64. The lowest BCUT2D eigenvalue weighted by Crippen LogP contribution is -2.37. The van der Waals surface area contributed by atoms with Gasteiger partial charge in [0.1, 0.15) is 6.04 Å². The second-order valence-corrected chi connectivity index (χ2v) is 3.20. The highest BCUT2D eigenvalue weighted by Gasteiger charge is 2.35. The molecule has 0 aromatic rings. The van der Waals surface area contributed by atoms with E-state index in [1.165, 1.54) is 0 Å². The number of alkyl halides is 3. The molecule has 0 spiro atoms. The van der Waals surface area contributed by atoms with E-state index in [1.54, 1.807) is 6.92 Å². The molecule has 0 saturated carbocycles. The van der Waals surface area contributed by atoms with Gasteiger partial charge in [0.2, 0.25) is 0 Å². The summed E-state index contributed by atoms with van der Waals surface area (Å²) in [5.74, 6) is -0.377. The number of esters is 1. The lowest BCUT2D eigenvalue weighted by Gasteiger charge is -2.14. The van der Waals surface area contributed by atoms with Gasteiger partial charge in [-0.2, -0.15) is 13.2 Å². The van der Waals surface area contributed by atoms with Crippen LogP contribution in [0.2, 0.25) is 0 Å². The maximum absolute atomic E-state index is 11.9. The van der Waals surface area contributed by atoms with Crippen LogP contribution in [0.3, 0.4) is 0 Å². The summed E-state index contributed by atoms with van der Waals surface area (Å²) in [5, 5.41) is 0. The first-order valence-electron chi connectivity index (χ1n) is 4.85. The Hall–Kier alpha value is -0.780. The largest absolute Gasteiger partial charge is 0.466 e. The molecular weight excluding hydrogens is 211 g/mol. The molecule has 0 saturated heterocycles. The second-order valence-electron chi connectivity index (χ2n) is 3.20. The highest BCUT2D eigenvalue weighted by molar-refractivity contribution is 5.69. The predicted octanol–water partition coefficient (Wildman–Crippen LogP) is 2.00. The molecule has 3 nitrogen and oxygen atoms in total. The molecule has 0 aromatic heterocycles. The van der Waals surface area contributed by atoms with E-state index in [0.717, 1.165) is 0 Å². The van der Waals surface area contributed by atoms with E-state index in [4.69, 9.17) is 5.73 Å². The summed E-state index contributed by atoms with van der Waals surface area (Å²) in [6, 6.07) is -1.79. The third-order valence-electron chi connectivity index (χ3n) is 1.87. The zero-order chi connectivity index (χ0) is 11.9. The van der Waals surface area contributed by atoms with Crippen LogP contribution in [0.25, 0.3) is 0 Å². The van der Waals surface area contributed by atoms with Crippen molar-refractivity contribution in [3.8, 4) is 0 Å². The Morgan fingerprint density at radius 2 is 2.00 bits per heavy atom. The molecule has 0 radical (unpaired) electrons. The van der Waals surface area contributed by atoms with Crippen molar-refractivity contribution < 1.29 is 22.7 Å². The Kier molecular flexibility index (Phi) is 6.31. The van der Waals surface area contributed by atoms with Crippen molar-refractivity contribution in [1.29, 1.82) is 0 Å². The summed E-state index contributed by atoms with van der Waals surface area (Å²) in [6.45, 7) is 1.97. The van der Waals surface area contributed by atoms with Crippen molar-refractivity contribution >= 4 is 5.97 Å². The van der Waals surface area contributed by atoms with Gasteiger partial charge in [-0.25, -0.2) is 0 Å². The van der Waals surface area contributed by atoms with Crippen LogP contribution >= 0.6 is 0 Å². The minimum absolute atomic E-state index is 0.150. The molecule has 0 aliphatic rings. The first-order valence-corrected chi connectivity index (χ1v) is 4.85. The van der Waals surface area contributed by atoms with Gasteiger partial charge in [-0.3, -0.25) is 4.79 Å². The van der Waals surface area contributed by atoms with Gasteiger partial charge in [-0.05, 0) is 19.8 Å². The molecule has 0 aromatic carbocycles. The minimum atomic E-state index is -4.34. The van der Waals surface area contributed by atoms with Gasteiger partial charge in [0.15, 0.2) is 0 Å². The van der Waals surface area contributed by atoms with Crippen molar-refractivity contribution in [3.05, 3.63) is 0 Å². The zero-order valence-corrected chi connectivity index (χ0v) is 8.64. The van der Waals surface area contributed by atoms with E-state index >= 15 is 0 Å². The summed E-state index contributed by atoms with van der Waals surface area (Å²) in [5.41, 5.74) is 4.89. The maximum Gasteiger partial charge on any atom is 0.403 e. The van der Waals surface area contributed by atoms with Gasteiger partial charge in [-0.1, -0.05) is 6.42 Å². The summed E-state index contributed by atoms with van der Waals surface area (Å²) in [7, 11) is 0. The maximum atomic E-state index is 11.9. The molecule has 0 aliphatic carbocycles. The Balaban J connectivity index is 3.51. The van der Waals surface area contributed by atoms with E-state index in [9.17, 15) is 18.0 Å². The van der Waals surface area contributed by atoms with E-state index in [2.05, 4.69) is 4.74 Å². The van der Waals surface area contributed by atoms with Gasteiger partial charge >= 0.3 is 12.1 Å². The molecule has 6 heteroatoms. The lowest BCUT2D eigenvalue weighted by atomic mass is 10.1. The quantitative estimate of drug-likeness (QED) is 0.557. The molecule has 0 bridgehead atoms. The lowest BCUT2D eigenvalue weighted by molar-refractivity contribution is -0.149. The summed E-state index contributed by atoms with van der Waals surface area (Å²) < 4.78 is 40.4. The fraction of sp³-hybridized carbons (Fsp3) is 0.889. The Labute approximate surface area is 86.8 Å².